The van der Waals surface area contributed by atoms with Gasteiger partial charge in [-0.1, -0.05) is 67.1 Å². The zero-order valence-electron chi connectivity index (χ0n) is 14.8. The lowest BCUT2D eigenvalue weighted by atomic mass is 10.1. The topological polar surface area (TPSA) is 63.0 Å². The molecule has 5 nitrogen and oxygen atoms in total. The molecular weight excluding hydrogens is 348 g/mol. The van der Waals surface area contributed by atoms with Gasteiger partial charge >= 0.3 is 0 Å². The molecule has 0 aliphatic carbocycles. The fraction of sp³-hybridized carbons (Fsp3) is 0.300. The summed E-state index contributed by atoms with van der Waals surface area (Å²) in [7, 11) is 0. The van der Waals surface area contributed by atoms with E-state index in [0.29, 0.717) is 18.1 Å². The SMILES string of the molecule is CC[C@@H](CO)NCc1nn(Cc2ccccc2Cl)nc1-c1ccccc1. The maximum Gasteiger partial charge on any atom is 0.117 e. The zero-order valence-corrected chi connectivity index (χ0v) is 15.5. The van der Waals surface area contributed by atoms with Crippen LogP contribution in [-0.4, -0.2) is 32.7 Å². The Morgan fingerprint density at radius 1 is 1.08 bits per heavy atom. The number of aliphatic hydroxyl groups is 1. The Morgan fingerprint density at radius 2 is 1.81 bits per heavy atom. The third-order valence-corrected chi connectivity index (χ3v) is 4.68. The molecule has 1 heterocycles. The van der Waals surface area contributed by atoms with Crippen LogP contribution in [0.4, 0.5) is 0 Å². The van der Waals surface area contributed by atoms with Crippen molar-refractivity contribution in [2.75, 3.05) is 6.61 Å². The van der Waals surface area contributed by atoms with Crippen LogP contribution in [0, 0.1) is 0 Å². The van der Waals surface area contributed by atoms with Crippen LogP contribution in [0.15, 0.2) is 54.6 Å². The van der Waals surface area contributed by atoms with Gasteiger partial charge in [0.2, 0.25) is 0 Å². The van der Waals surface area contributed by atoms with Gasteiger partial charge in [-0.25, -0.2) is 0 Å². The highest BCUT2D eigenvalue weighted by atomic mass is 35.5. The van der Waals surface area contributed by atoms with Crippen LogP contribution >= 0.6 is 11.6 Å². The predicted octanol–water partition coefficient (Wildman–Crippen LogP) is 3.51. The van der Waals surface area contributed by atoms with E-state index in [4.69, 9.17) is 16.7 Å². The van der Waals surface area contributed by atoms with Gasteiger partial charge in [0.05, 0.1) is 13.2 Å². The molecule has 26 heavy (non-hydrogen) atoms. The Balaban J connectivity index is 1.88. The average molecular weight is 371 g/mol. The van der Waals surface area contributed by atoms with E-state index in [-0.39, 0.29) is 12.6 Å². The predicted molar refractivity (Wildman–Crippen MR) is 104 cm³/mol. The molecule has 0 saturated carbocycles. The first-order chi connectivity index (χ1) is 12.7. The second kappa shape index (κ2) is 8.94. The van der Waals surface area contributed by atoms with Crippen molar-refractivity contribution in [2.45, 2.75) is 32.5 Å². The summed E-state index contributed by atoms with van der Waals surface area (Å²) in [5.74, 6) is 0. The molecule has 1 aromatic heterocycles. The number of hydrogen-bond donors (Lipinski definition) is 2. The summed E-state index contributed by atoms with van der Waals surface area (Å²) in [6.45, 7) is 3.20. The Morgan fingerprint density at radius 3 is 2.50 bits per heavy atom. The van der Waals surface area contributed by atoms with Gasteiger partial charge in [-0.3, -0.25) is 0 Å². The summed E-state index contributed by atoms with van der Waals surface area (Å²) in [5, 5.41) is 22.8. The van der Waals surface area contributed by atoms with Crippen LogP contribution in [0.1, 0.15) is 24.6 Å². The minimum absolute atomic E-state index is 0.0485. The molecule has 3 rings (SSSR count). The zero-order chi connectivity index (χ0) is 18.4. The van der Waals surface area contributed by atoms with Crippen LogP contribution in [-0.2, 0) is 13.1 Å². The van der Waals surface area contributed by atoms with E-state index in [2.05, 4.69) is 10.4 Å². The minimum atomic E-state index is 0.0485. The molecule has 136 valence electrons. The molecular formula is C20H23ClN4O. The van der Waals surface area contributed by atoms with Gasteiger partial charge in [-0.05, 0) is 18.1 Å². The first-order valence-electron chi connectivity index (χ1n) is 8.78. The fourth-order valence-electron chi connectivity index (χ4n) is 2.75. The molecule has 6 heteroatoms. The van der Waals surface area contributed by atoms with Crippen molar-refractivity contribution in [1.29, 1.82) is 0 Å². The molecule has 0 aliphatic rings. The number of benzene rings is 2. The van der Waals surface area contributed by atoms with E-state index in [1.807, 2.05) is 61.5 Å². The Bertz CT molecular complexity index is 831. The molecule has 0 radical (unpaired) electrons. The third-order valence-electron chi connectivity index (χ3n) is 4.31. The summed E-state index contributed by atoms with van der Waals surface area (Å²) in [6, 6.07) is 17.8. The van der Waals surface area contributed by atoms with Crippen molar-refractivity contribution in [3.63, 3.8) is 0 Å². The fourth-order valence-corrected chi connectivity index (χ4v) is 2.95. The second-order valence-electron chi connectivity index (χ2n) is 6.15. The quantitative estimate of drug-likeness (QED) is 0.637. The first-order valence-corrected chi connectivity index (χ1v) is 9.16. The van der Waals surface area contributed by atoms with Crippen LogP contribution in [0.3, 0.4) is 0 Å². The van der Waals surface area contributed by atoms with Crippen molar-refractivity contribution < 1.29 is 5.11 Å². The van der Waals surface area contributed by atoms with Crippen molar-refractivity contribution in [3.05, 3.63) is 70.9 Å². The number of nitrogens with one attached hydrogen (secondary N) is 1. The molecule has 0 amide bonds. The van der Waals surface area contributed by atoms with E-state index in [1.54, 1.807) is 4.80 Å². The highest BCUT2D eigenvalue weighted by Crippen LogP contribution is 2.21. The maximum atomic E-state index is 9.40. The van der Waals surface area contributed by atoms with Crippen molar-refractivity contribution in [3.8, 4) is 11.3 Å². The molecule has 0 spiro atoms. The monoisotopic (exact) mass is 370 g/mol. The maximum absolute atomic E-state index is 9.40. The number of rotatable bonds is 8. The van der Waals surface area contributed by atoms with Crippen LogP contribution in [0.5, 0.6) is 0 Å². The van der Waals surface area contributed by atoms with Gasteiger partial charge in [-0.2, -0.15) is 15.0 Å². The Labute approximate surface area is 158 Å². The molecule has 2 aromatic carbocycles. The highest BCUT2D eigenvalue weighted by molar-refractivity contribution is 6.31. The molecule has 0 aliphatic heterocycles. The number of halogens is 1. The van der Waals surface area contributed by atoms with Gasteiger partial charge < -0.3 is 10.4 Å². The van der Waals surface area contributed by atoms with E-state index in [1.165, 1.54) is 0 Å². The number of aliphatic hydroxyl groups excluding tert-OH is 1. The third kappa shape index (κ3) is 4.49. The summed E-state index contributed by atoms with van der Waals surface area (Å²) in [5.41, 5.74) is 3.70. The van der Waals surface area contributed by atoms with E-state index < -0.39 is 0 Å². The Hall–Kier alpha value is -2.21. The lowest BCUT2D eigenvalue weighted by Gasteiger charge is -2.12. The van der Waals surface area contributed by atoms with Crippen molar-refractivity contribution in [1.82, 2.24) is 20.3 Å². The van der Waals surface area contributed by atoms with Crippen LogP contribution in [0.2, 0.25) is 5.02 Å². The van der Waals surface area contributed by atoms with Gasteiger partial charge in [0.15, 0.2) is 0 Å². The van der Waals surface area contributed by atoms with Crippen LogP contribution < -0.4 is 5.32 Å². The lowest BCUT2D eigenvalue weighted by molar-refractivity contribution is 0.238. The largest absolute Gasteiger partial charge is 0.395 e. The van der Waals surface area contributed by atoms with E-state index in [9.17, 15) is 5.11 Å². The lowest BCUT2D eigenvalue weighted by Crippen LogP contribution is -2.31. The van der Waals surface area contributed by atoms with E-state index >= 15 is 0 Å². The standard InChI is InChI=1S/C20H23ClN4O/c1-2-17(14-26)22-12-19-20(15-8-4-3-5-9-15)24-25(23-19)13-16-10-6-7-11-18(16)21/h3-11,17,22,26H,2,12-14H2,1H3/t17-/m0/s1. The first kappa shape index (κ1) is 18.6. The molecule has 0 bridgehead atoms. The van der Waals surface area contributed by atoms with Gasteiger partial charge in [0, 0.05) is 23.2 Å². The molecule has 0 fully saturated rings. The molecule has 3 aromatic rings. The number of nitrogens with zero attached hydrogens (tertiary/aromatic N) is 3. The van der Waals surface area contributed by atoms with Crippen molar-refractivity contribution >= 4 is 11.6 Å². The summed E-state index contributed by atoms with van der Waals surface area (Å²) in [6.07, 6.45) is 0.852. The second-order valence-corrected chi connectivity index (χ2v) is 6.56. The molecule has 0 saturated heterocycles. The van der Waals surface area contributed by atoms with Gasteiger partial charge in [0.25, 0.3) is 0 Å². The Kier molecular flexibility index (Phi) is 6.39. The van der Waals surface area contributed by atoms with Gasteiger partial charge in [0.1, 0.15) is 11.4 Å². The molecule has 0 unspecified atom stereocenters. The van der Waals surface area contributed by atoms with Gasteiger partial charge in [-0.15, -0.1) is 0 Å². The normalized spacial score (nSPS) is 12.3. The average Bonchev–Trinajstić information content (AvgIpc) is 3.08. The summed E-state index contributed by atoms with van der Waals surface area (Å²) >= 11 is 6.27. The van der Waals surface area contributed by atoms with Crippen LogP contribution in [0.25, 0.3) is 11.3 Å². The number of hydrogen-bond acceptors (Lipinski definition) is 4. The van der Waals surface area contributed by atoms with Crippen molar-refractivity contribution in [2.24, 2.45) is 0 Å². The molecule has 2 N–H and O–H groups in total. The smallest absolute Gasteiger partial charge is 0.117 e. The molecule has 1 atom stereocenters. The highest BCUT2D eigenvalue weighted by Gasteiger charge is 2.15. The summed E-state index contributed by atoms with van der Waals surface area (Å²) in [4.78, 5) is 1.68. The van der Waals surface area contributed by atoms with E-state index in [0.717, 1.165) is 28.9 Å². The summed E-state index contributed by atoms with van der Waals surface area (Å²) < 4.78 is 0. The minimum Gasteiger partial charge on any atom is -0.395 e. The number of aromatic nitrogens is 3.